The summed E-state index contributed by atoms with van der Waals surface area (Å²) in [4.78, 5) is 4.77. The Labute approximate surface area is 171 Å². The number of benzene rings is 2. The van der Waals surface area contributed by atoms with Crippen LogP contribution >= 0.6 is 0 Å². The third kappa shape index (κ3) is 3.48. The molecule has 4 nitrogen and oxygen atoms in total. The van der Waals surface area contributed by atoms with Crippen molar-refractivity contribution in [2.24, 2.45) is 0 Å². The number of para-hydroxylation sites is 2. The Bertz CT molecular complexity index is 1240. The molecule has 0 atom stereocenters. The Morgan fingerprint density at radius 2 is 1.86 bits per heavy atom. The number of hydrogen-bond donors (Lipinski definition) is 1. The summed E-state index contributed by atoms with van der Waals surface area (Å²) in [6.45, 7) is 8.94. The second-order valence-corrected chi connectivity index (χ2v) is 7.49. The van der Waals surface area contributed by atoms with Gasteiger partial charge in [0, 0.05) is 12.1 Å². The van der Waals surface area contributed by atoms with Crippen LogP contribution in [0.4, 0.5) is 5.82 Å². The Balaban J connectivity index is 1.89. The van der Waals surface area contributed by atoms with E-state index in [1.165, 1.54) is 5.56 Å². The van der Waals surface area contributed by atoms with Crippen LogP contribution in [0.3, 0.4) is 0 Å². The number of nitriles is 1. The van der Waals surface area contributed by atoms with Crippen LogP contribution in [0, 0.1) is 18.3 Å². The number of pyridine rings is 1. The number of aromatic nitrogens is 2. The highest BCUT2D eigenvalue weighted by Gasteiger charge is 2.20. The maximum Gasteiger partial charge on any atom is 0.157 e. The van der Waals surface area contributed by atoms with Gasteiger partial charge in [-0.05, 0) is 49.9 Å². The number of imidazole rings is 1. The number of anilines is 1. The molecule has 2 aromatic carbocycles. The van der Waals surface area contributed by atoms with E-state index in [0.29, 0.717) is 11.2 Å². The largest absolute Gasteiger partial charge is 0.371 e. The number of nitrogens with one attached hydrogen (secondary N) is 1. The zero-order valence-corrected chi connectivity index (χ0v) is 16.9. The fourth-order valence-electron chi connectivity index (χ4n) is 3.86. The first-order valence-electron chi connectivity index (χ1n) is 9.85. The monoisotopic (exact) mass is 380 g/mol. The van der Waals surface area contributed by atoms with Gasteiger partial charge in [-0.25, -0.2) is 4.98 Å². The van der Waals surface area contributed by atoms with Crippen molar-refractivity contribution in [1.82, 2.24) is 9.38 Å². The van der Waals surface area contributed by atoms with Gasteiger partial charge in [-0.2, -0.15) is 5.26 Å². The van der Waals surface area contributed by atoms with Crippen LogP contribution in [0.25, 0.3) is 16.7 Å². The van der Waals surface area contributed by atoms with Crippen molar-refractivity contribution in [1.29, 1.82) is 5.26 Å². The fourth-order valence-corrected chi connectivity index (χ4v) is 3.86. The van der Waals surface area contributed by atoms with Crippen molar-refractivity contribution < 1.29 is 0 Å². The molecule has 4 rings (SSSR count). The van der Waals surface area contributed by atoms with Gasteiger partial charge in [0.1, 0.15) is 11.9 Å². The van der Waals surface area contributed by atoms with E-state index >= 15 is 0 Å². The van der Waals surface area contributed by atoms with Gasteiger partial charge in [0.15, 0.2) is 5.65 Å². The van der Waals surface area contributed by atoms with Crippen LogP contribution in [-0.2, 0) is 12.8 Å². The normalized spacial score (nSPS) is 10.9. The second kappa shape index (κ2) is 7.81. The Morgan fingerprint density at radius 1 is 1.14 bits per heavy atom. The Hall–Kier alpha value is -3.58. The molecule has 29 heavy (non-hydrogen) atoms. The lowest BCUT2D eigenvalue weighted by molar-refractivity contribution is 0.976. The van der Waals surface area contributed by atoms with Crippen molar-refractivity contribution in [2.75, 3.05) is 11.9 Å². The lowest BCUT2D eigenvalue weighted by Crippen LogP contribution is -2.13. The minimum atomic E-state index is 0.631. The van der Waals surface area contributed by atoms with Gasteiger partial charge in [0.25, 0.3) is 0 Å². The van der Waals surface area contributed by atoms with Gasteiger partial charge < -0.3 is 5.32 Å². The second-order valence-electron chi connectivity index (χ2n) is 7.49. The van der Waals surface area contributed by atoms with Crippen molar-refractivity contribution in [3.8, 4) is 6.07 Å². The molecule has 0 radical (unpaired) electrons. The van der Waals surface area contributed by atoms with Gasteiger partial charge in [-0.3, -0.25) is 4.40 Å². The maximum absolute atomic E-state index is 9.87. The molecule has 0 aliphatic heterocycles. The SMILES string of the molecule is C=C(C)Cc1c(C)c(C#N)c2nc3ccccc3n2c1NCCc1ccccc1. The van der Waals surface area contributed by atoms with Crippen LogP contribution in [0.15, 0.2) is 66.7 Å². The van der Waals surface area contributed by atoms with Crippen molar-refractivity contribution >= 4 is 22.5 Å². The summed E-state index contributed by atoms with van der Waals surface area (Å²) in [6.07, 6.45) is 1.64. The average molecular weight is 380 g/mol. The molecule has 0 unspecified atom stereocenters. The summed E-state index contributed by atoms with van der Waals surface area (Å²) in [7, 11) is 0. The highest BCUT2D eigenvalue weighted by atomic mass is 15.1. The number of fused-ring (bicyclic) bond motifs is 3. The molecule has 2 aromatic heterocycles. The third-order valence-corrected chi connectivity index (χ3v) is 5.26. The summed E-state index contributed by atoms with van der Waals surface area (Å²) in [5, 5.41) is 13.5. The van der Waals surface area contributed by atoms with Gasteiger partial charge >= 0.3 is 0 Å². The molecule has 1 N–H and O–H groups in total. The molecule has 4 aromatic rings. The van der Waals surface area contributed by atoms with Crippen LogP contribution in [0.2, 0.25) is 0 Å². The zero-order chi connectivity index (χ0) is 20.4. The first-order chi connectivity index (χ1) is 14.1. The van der Waals surface area contributed by atoms with Crippen LogP contribution in [0.1, 0.15) is 29.2 Å². The molecule has 0 saturated carbocycles. The standard InChI is InChI=1S/C25H24N4/c1-17(2)15-20-18(3)21(16-26)25-28-22-11-7-8-12-23(22)29(25)24(20)27-14-13-19-9-5-4-6-10-19/h4-12,27H,1,13-15H2,2-3H3. The van der Waals surface area contributed by atoms with E-state index in [4.69, 9.17) is 4.98 Å². The van der Waals surface area contributed by atoms with Crippen LogP contribution in [-0.4, -0.2) is 15.9 Å². The minimum Gasteiger partial charge on any atom is -0.371 e. The molecule has 0 amide bonds. The molecule has 0 aliphatic rings. The van der Waals surface area contributed by atoms with E-state index in [1.807, 2.05) is 38.1 Å². The van der Waals surface area contributed by atoms with Crippen molar-refractivity contribution in [2.45, 2.75) is 26.7 Å². The average Bonchev–Trinajstić information content (AvgIpc) is 3.10. The summed E-state index contributed by atoms with van der Waals surface area (Å²) in [5.74, 6) is 1.00. The molecular formula is C25H24N4. The van der Waals surface area contributed by atoms with E-state index in [9.17, 15) is 5.26 Å². The molecule has 0 fully saturated rings. The maximum atomic E-state index is 9.87. The van der Waals surface area contributed by atoms with Crippen LogP contribution < -0.4 is 5.32 Å². The van der Waals surface area contributed by atoms with Gasteiger partial charge in [-0.1, -0.05) is 54.6 Å². The first-order valence-corrected chi connectivity index (χ1v) is 9.85. The lowest BCUT2D eigenvalue weighted by atomic mass is 9.99. The number of nitrogens with zero attached hydrogens (tertiary/aromatic N) is 3. The highest BCUT2D eigenvalue weighted by molar-refractivity contribution is 5.86. The van der Waals surface area contributed by atoms with E-state index in [-0.39, 0.29) is 0 Å². The predicted molar refractivity (Wildman–Crippen MR) is 119 cm³/mol. The zero-order valence-electron chi connectivity index (χ0n) is 16.9. The Morgan fingerprint density at radius 3 is 2.59 bits per heavy atom. The van der Waals surface area contributed by atoms with Crippen molar-refractivity contribution in [3.63, 3.8) is 0 Å². The fraction of sp³-hybridized carbons (Fsp3) is 0.200. The van der Waals surface area contributed by atoms with Crippen LogP contribution in [0.5, 0.6) is 0 Å². The lowest BCUT2D eigenvalue weighted by Gasteiger charge is -2.19. The van der Waals surface area contributed by atoms with Gasteiger partial charge in [0.2, 0.25) is 0 Å². The number of allylic oxidation sites excluding steroid dienone is 1. The van der Waals surface area contributed by atoms with E-state index in [1.54, 1.807) is 0 Å². The predicted octanol–water partition coefficient (Wildman–Crippen LogP) is 5.44. The summed E-state index contributed by atoms with van der Waals surface area (Å²) in [5.41, 5.74) is 7.67. The van der Waals surface area contributed by atoms with Gasteiger partial charge in [-0.15, -0.1) is 0 Å². The summed E-state index contributed by atoms with van der Waals surface area (Å²) < 4.78 is 2.10. The highest BCUT2D eigenvalue weighted by Crippen LogP contribution is 2.32. The Kier molecular flexibility index (Phi) is 5.05. The molecule has 0 spiro atoms. The smallest absolute Gasteiger partial charge is 0.157 e. The van der Waals surface area contributed by atoms with E-state index in [0.717, 1.165) is 52.9 Å². The molecule has 4 heteroatoms. The van der Waals surface area contributed by atoms with Gasteiger partial charge in [0.05, 0.1) is 16.6 Å². The topological polar surface area (TPSA) is 53.1 Å². The number of hydrogen-bond acceptors (Lipinski definition) is 3. The summed E-state index contributed by atoms with van der Waals surface area (Å²) >= 11 is 0. The van der Waals surface area contributed by atoms with E-state index < -0.39 is 0 Å². The number of rotatable bonds is 6. The molecular weight excluding hydrogens is 356 g/mol. The third-order valence-electron chi connectivity index (χ3n) is 5.26. The first kappa shape index (κ1) is 18.8. The quantitative estimate of drug-likeness (QED) is 0.453. The summed E-state index contributed by atoms with van der Waals surface area (Å²) in [6, 6.07) is 20.9. The van der Waals surface area contributed by atoms with Crippen molar-refractivity contribution in [3.05, 3.63) is 89.0 Å². The minimum absolute atomic E-state index is 0.631. The molecule has 0 saturated heterocycles. The molecule has 2 heterocycles. The van der Waals surface area contributed by atoms with E-state index in [2.05, 4.69) is 52.7 Å². The molecule has 144 valence electrons. The molecule has 0 bridgehead atoms. The molecule has 0 aliphatic carbocycles.